The number of amides is 1. The van der Waals surface area contributed by atoms with Crippen LogP contribution in [0.1, 0.15) is 33.6 Å². The largest absolute Gasteiger partial charge is 0.347 e. The minimum Gasteiger partial charge on any atom is -0.347 e. The van der Waals surface area contributed by atoms with Crippen molar-refractivity contribution in [2.24, 2.45) is 0 Å². The van der Waals surface area contributed by atoms with Gasteiger partial charge in [0.05, 0.1) is 11.4 Å². The highest BCUT2D eigenvalue weighted by atomic mass is 32.2. The second-order valence-electron chi connectivity index (χ2n) is 5.85. The Labute approximate surface area is 146 Å². The number of hydrogen-bond donors (Lipinski definition) is 1. The van der Waals surface area contributed by atoms with Gasteiger partial charge in [0.15, 0.2) is 0 Å². The maximum Gasteiger partial charge on any atom is 0.251 e. The Morgan fingerprint density at radius 3 is 2.67 bits per heavy atom. The maximum absolute atomic E-state index is 12.8. The van der Waals surface area contributed by atoms with Crippen LogP contribution in [-0.2, 0) is 16.6 Å². The van der Waals surface area contributed by atoms with Crippen LogP contribution in [0.5, 0.6) is 0 Å². The standard InChI is InChI=1S/C17H20N2O3S2/c1-13-6-7-14(17(20)18-12-15-5-4-10-23-15)11-16(13)24(21,22)19-8-2-3-9-19/h4-7,10-11H,2-3,8-9,12H2,1H3,(H,18,20). The molecule has 5 nitrogen and oxygen atoms in total. The molecule has 0 bridgehead atoms. The summed E-state index contributed by atoms with van der Waals surface area (Å²) in [5, 5.41) is 4.78. The van der Waals surface area contributed by atoms with Gasteiger partial charge < -0.3 is 5.32 Å². The molecule has 3 rings (SSSR count). The average molecular weight is 364 g/mol. The van der Waals surface area contributed by atoms with E-state index in [1.54, 1.807) is 30.4 Å². The van der Waals surface area contributed by atoms with Gasteiger partial charge in [-0.3, -0.25) is 4.79 Å². The molecule has 0 aliphatic carbocycles. The first-order valence-corrected chi connectivity index (χ1v) is 10.2. The number of carbonyl (C=O) groups excluding carboxylic acids is 1. The number of sulfonamides is 1. The zero-order valence-electron chi connectivity index (χ0n) is 13.5. The van der Waals surface area contributed by atoms with Gasteiger partial charge in [-0.05, 0) is 48.9 Å². The van der Waals surface area contributed by atoms with Crippen molar-refractivity contribution in [3.63, 3.8) is 0 Å². The van der Waals surface area contributed by atoms with Gasteiger partial charge in [-0.2, -0.15) is 4.31 Å². The molecule has 24 heavy (non-hydrogen) atoms. The Morgan fingerprint density at radius 1 is 1.25 bits per heavy atom. The molecule has 1 aliphatic heterocycles. The fourth-order valence-corrected chi connectivity index (χ4v) is 5.18. The quantitative estimate of drug-likeness (QED) is 0.887. The van der Waals surface area contributed by atoms with Crippen molar-refractivity contribution >= 4 is 27.3 Å². The van der Waals surface area contributed by atoms with E-state index in [-0.39, 0.29) is 10.8 Å². The van der Waals surface area contributed by atoms with Crippen molar-refractivity contribution in [2.75, 3.05) is 13.1 Å². The molecule has 1 aromatic heterocycles. The van der Waals surface area contributed by atoms with Crippen LogP contribution in [0.2, 0.25) is 0 Å². The predicted octanol–water partition coefficient (Wildman–Crippen LogP) is 2.77. The molecule has 2 heterocycles. The predicted molar refractivity (Wildman–Crippen MR) is 94.7 cm³/mol. The van der Waals surface area contributed by atoms with Crippen LogP contribution in [0.3, 0.4) is 0 Å². The van der Waals surface area contributed by atoms with E-state index in [1.807, 2.05) is 17.5 Å². The number of carbonyl (C=O) groups is 1. The Kier molecular flexibility index (Phi) is 5.03. The second-order valence-corrected chi connectivity index (χ2v) is 8.79. The highest BCUT2D eigenvalue weighted by Crippen LogP contribution is 2.24. The van der Waals surface area contributed by atoms with E-state index >= 15 is 0 Å². The van der Waals surface area contributed by atoms with Crippen LogP contribution in [0.25, 0.3) is 0 Å². The maximum atomic E-state index is 12.8. The fourth-order valence-electron chi connectivity index (χ4n) is 2.77. The van der Waals surface area contributed by atoms with Crippen molar-refractivity contribution in [3.05, 3.63) is 51.7 Å². The van der Waals surface area contributed by atoms with E-state index in [1.165, 1.54) is 10.4 Å². The van der Waals surface area contributed by atoms with Gasteiger partial charge in [0, 0.05) is 23.5 Å². The van der Waals surface area contributed by atoms with E-state index in [4.69, 9.17) is 0 Å². The Morgan fingerprint density at radius 2 is 2.00 bits per heavy atom. The molecule has 0 spiro atoms. The lowest BCUT2D eigenvalue weighted by atomic mass is 10.1. The molecule has 0 radical (unpaired) electrons. The van der Waals surface area contributed by atoms with E-state index in [0.29, 0.717) is 30.8 Å². The van der Waals surface area contributed by atoms with Gasteiger partial charge in [0.25, 0.3) is 5.91 Å². The van der Waals surface area contributed by atoms with Gasteiger partial charge in [-0.25, -0.2) is 8.42 Å². The molecular formula is C17H20N2O3S2. The molecule has 1 amide bonds. The lowest BCUT2D eigenvalue weighted by Gasteiger charge is -2.17. The van der Waals surface area contributed by atoms with E-state index in [2.05, 4.69) is 5.32 Å². The Bertz CT molecular complexity index is 824. The first-order chi connectivity index (χ1) is 11.5. The summed E-state index contributed by atoms with van der Waals surface area (Å²) in [5.41, 5.74) is 1.03. The first kappa shape index (κ1) is 17.1. The number of nitrogens with zero attached hydrogens (tertiary/aromatic N) is 1. The summed E-state index contributed by atoms with van der Waals surface area (Å²) >= 11 is 1.57. The van der Waals surface area contributed by atoms with Crippen LogP contribution < -0.4 is 5.32 Å². The molecule has 1 saturated heterocycles. The molecule has 0 unspecified atom stereocenters. The van der Waals surface area contributed by atoms with Gasteiger partial charge in [-0.15, -0.1) is 11.3 Å². The van der Waals surface area contributed by atoms with E-state index in [9.17, 15) is 13.2 Å². The normalized spacial score (nSPS) is 15.5. The van der Waals surface area contributed by atoms with Gasteiger partial charge in [-0.1, -0.05) is 12.1 Å². The van der Waals surface area contributed by atoms with Crippen molar-refractivity contribution in [3.8, 4) is 0 Å². The minimum absolute atomic E-state index is 0.230. The molecule has 1 N–H and O–H groups in total. The van der Waals surface area contributed by atoms with Gasteiger partial charge in [0.1, 0.15) is 0 Å². The highest BCUT2D eigenvalue weighted by molar-refractivity contribution is 7.89. The molecular weight excluding hydrogens is 344 g/mol. The van der Waals surface area contributed by atoms with Crippen LogP contribution in [0, 0.1) is 6.92 Å². The second kappa shape index (κ2) is 7.04. The van der Waals surface area contributed by atoms with Gasteiger partial charge >= 0.3 is 0 Å². The van der Waals surface area contributed by atoms with Crippen LogP contribution in [-0.4, -0.2) is 31.7 Å². The summed E-state index contributed by atoms with van der Waals surface area (Å²) in [6.07, 6.45) is 1.78. The minimum atomic E-state index is -3.53. The van der Waals surface area contributed by atoms with Crippen molar-refractivity contribution in [2.45, 2.75) is 31.2 Å². The average Bonchev–Trinajstić information content (AvgIpc) is 3.26. The molecule has 2 aromatic rings. The van der Waals surface area contributed by atoms with Crippen molar-refractivity contribution in [1.29, 1.82) is 0 Å². The topological polar surface area (TPSA) is 66.5 Å². The number of thiophene rings is 1. The third-order valence-electron chi connectivity index (χ3n) is 4.14. The first-order valence-electron chi connectivity index (χ1n) is 7.90. The Hall–Kier alpha value is -1.70. The lowest BCUT2D eigenvalue weighted by Crippen LogP contribution is -2.29. The van der Waals surface area contributed by atoms with Crippen LogP contribution in [0.15, 0.2) is 40.6 Å². The lowest BCUT2D eigenvalue weighted by molar-refractivity contribution is 0.0951. The number of nitrogens with one attached hydrogen (secondary N) is 1. The molecule has 1 aromatic carbocycles. The number of rotatable bonds is 5. The zero-order valence-corrected chi connectivity index (χ0v) is 15.1. The van der Waals surface area contributed by atoms with E-state index < -0.39 is 10.0 Å². The van der Waals surface area contributed by atoms with E-state index in [0.717, 1.165) is 17.7 Å². The van der Waals surface area contributed by atoms with Crippen LogP contribution in [0.4, 0.5) is 0 Å². The molecule has 0 saturated carbocycles. The monoisotopic (exact) mass is 364 g/mol. The van der Waals surface area contributed by atoms with Crippen molar-refractivity contribution in [1.82, 2.24) is 9.62 Å². The molecule has 7 heteroatoms. The fraction of sp³-hybridized carbons (Fsp3) is 0.353. The number of hydrogen-bond acceptors (Lipinski definition) is 4. The summed E-state index contributed by atoms with van der Waals surface area (Å²) in [6.45, 7) is 3.31. The van der Waals surface area contributed by atoms with Crippen molar-refractivity contribution < 1.29 is 13.2 Å². The summed E-state index contributed by atoms with van der Waals surface area (Å²) in [5.74, 6) is -0.263. The molecule has 128 valence electrons. The summed E-state index contributed by atoms with van der Waals surface area (Å²) in [4.78, 5) is 13.6. The number of aryl methyl sites for hydroxylation is 1. The van der Waals surface area contributed by atoms with Crippen LogP contribution >= 0.6 is 11.3 Å². The summed E-state index contributed by atoms with van der Waals surface area (Å²) in [7, 11) is -3.53. The Balaban J connectivity index is 1.81. The zero-order chi connectivity index (χ0) is 17.2. The third kappa shape index (κ3) is 3.53. The molecule has 1 aliphatic rings. The highest BCUT2D eigenvalue weighted by Gasteiger charge is 2.29. The smallest absolute Gasteiger partial charge is 0.251 e. The SMILES string of the molecule is Cc1ccc(C(=O)NCc2cccs2)cc1S(=O)(=O)N1CCCC1. The third-order valence-corrected chi connectivity index (χ3v) is 7.05. The molecule has 1 fully saturated rings. The molecule has 0 atom stereocenters. The number of benzene rings is 1. The van der Waals surface area contributed by atoms with Gasteiger partial charge in [0.2, 0.25) is 10.0 Å². The summed E-state index contributed by atoms with van der Waals surface area (Å²) in [6, 6.07) is 8.74. The summed E-state index contributed by atoms with van der Waals surface area (Å²) < 4.78 is 27.0.